The van der Waals surface area contributed by atoms with Gasteiger partial charge in [0, 0.05) is 36.9 Å². The molecule has 0 spiro atoms. The van der Waals surface area contributed by atoms with Gasteiger partial charge < -0.3 is 10.0 Å². The van der Waals surface area contributed by atoms with E-state index in [2.05, 4.69) is 28.0 Å². The van der Waals surface area contributed by atoms with Gasteiger partial charge in [0.2, 0.25) is 0 Å². The minimum atomic E-state index is 0.0858. The Morgan fingerprint density at radius 1 is 0.955 bits per heavy atom. The molecule has 1 aliphatic heterocycles. The number of rotatable bonds is 4. The first-order valence-electron chi connectivity index (χ1n) is 7.68. The number of hydrogen-bond acceptors (Lipinski definition) is 3. The number of hydrogen-bond donors (Lipinski definition) is 1. The molecule has 3 rings (SSSR count). The first kappa shape index (κ1) is 15.3. The van der Waals surface area contributed by atoms with Crippen LogP contribution in [0, 0.1) is 0 Å². The molecule has 1 N–H and O–H groups in total. The number of aliphatic hydroxyl groups excluding tert-OH is 1. The van der Waals surface area contributed by atoms with E-state index in [-0.39, 0.29) is 12.6 Å². The Hall–Kier alpha value is -1.55. The molecule has 0 aromatic heterocycles. The maximum absolute atomic E-state index is 9.78. The average molecular weight is 317 g/mol. The van der Waals surface area contributed by atoms with Crippen molar-refractivity contribution in [3.05, 3.63) is 65.2 Å². The van der Waals surface area contributed by atoms with Crippen LogP contribution in [0.4, 0.5) is 5.69 Å². The van der Waals surface area contributed by atoms with Gasteiger partial charge in [0.25, 0.3) is 0 Å². The molecule has 22 heavy (non-hydrogen) atoms. The summed E-state index contributed by atoms with van der Waals surface area (Å²) in [6, 6.07) is 18.3. The van der Waals surface area contributed by atoms with Crippen LogP contribution in [0.5, 0.6) is 0 Å². The topological polar surface area (TPSA) is 26.7 Å². The van der Waals surface area contributed by atoms with Crippen molar-refractivity contribution in [2.75, 3.05) is 37.7 Å². The fourth-order valence-corrected chi connectivity index (χ4v) is 3.26. The molecule has 3 nitrogen and oxygen atoms in total. The molecule has 0 aliphatic carbocycles. The van der Waals surface area contributed by atoms with Gasteiger partial charge in [-0.15, -0.1) is 0 Å². The number of aliphatic hydroxyl groups is 1. The molecule has 1 aliphatic rings. The van der Waals surface area contributed by atoms with E-state index in [1.807, 2.05) is 36.4 Å². The van der Waals surface area contributed by atoms with Crippen molar-refractivity contribution >= 4 is 17.3 Å². The molecule has 2 aromatic carbocycles. The van der Waals surface area contributed by atoms with Crippen molar-refractivity contribution in [3.8, 4) is 0 Å². The van der Waals surface area contributed by atoms with Gasteiger partial charge in [-0.05, 0) is 23.8 Å². The zero-order valence-corrected chi connectivity index (χ0v) is 13.3. The van der Waals surface area contributed by atoms with Crippen LogP contribution in [-0.2, 0) is 0 Å². The lowest BCUT2D eigenvalue weighted by molar-refractivity contribution is 0.117. The summed E-state index contributed by atoms with van der Waals surface area (Å²) in [4.78, 5) is 4.71. The Labute approximate surface area is 136 Å². The molecule has 1 saturated heterocycles. The van der Waals surface area contributed by atoms with Crippen LogP contribution >= 0.6 is 11.6 Å². The third-order valence-corrected chi connectivity index (χ3v) is 4.52. The molecule has 0 saturated carbocycles. The Morgan fingerprint density at radius 3 is 2.32 bits per heavy atom. The minimum absolute atomic E-state index is 0.0858. The Kier molecular flexibility index (Phi) is 4.98. The van der Waals surface area contributed by atoms with Crippen molar-refractivity contribution in [3.63, 3.8) is 0 Å². The Balaban J connectivity index is 1.66. The van der Waals surface area contributed by atoms with Crippen molar-refractivity contribution in [1.82, 2.24) is 4.90 Å². The van der Waals surface area contributed by atoms with Gasteiger partial charge in [-0.25, -0.2) is 0 Å². The zero-order valence-electron chi connectivity index (χ0n) is 12.5. The summed E-state index contributed by atoms with van der Waals surface area (Å²) in [5.74, 6) is 0. The summed E-state index contributed by atoms with van der Waals surface area (Å²) >= 11 is 6.08. The van der Waals surface area contributed by atoms with E-state index in [0.29, 0.717) is 0 Å². The maximum Gasteiger partial charge on any atom is 0.0628 e. The molecular weight excluding hydrogens is 296 g/mol. The lowest BCUT2D eigenvalue weighted by Crippen LogP contribution is -2.48. The lowest BCUT2D eigenvalue weighted by Gasteiger charge is -2.40. The fourth-order valence-electron chi connectivity index (χ4n) is 3.07. The molecule has 4 heteroatoms. The largest absolute Gasteiger partial charge is 0.394 e. The quantitative estimate of drug-likeness (QED) is 0.938. The molecule has 0 bridgehead atoms. The van der Waals surface area contributed by atoms with Crippen molar-refractivity contribution in [1.29, 1.82) is 0 Å². The third-order valence-electron chi connectivity index (χ3n) is 4.29. The van der Waals surface area contributed by atoms with Gasteiger partial charge in [-0.3, -0.25) is 4.90 Å². The number of nitrogens with zero attached hydrogens (tertiary/aromatic N) is 2. The highest BCUT2D eigenvalue weighted by Gasteiger charge is 2.24. The molecule has 0 radical (unpaired) electrons. The van der Waals surface area contributed by atoms with E-state index in [9.17, 15) is 5.11 Å². The van der Waals surface area contributed by atoms with Crippen molar-refractivity contribution in [2.24, 2.45) is 0 Å². The van der Waals surface area contributed by atoms with Gasteiger partial charge in [-0.2, -0.15) is 0 Å². The number of piperazine rings is 1. The van der Waals surface area contributed by atoms with Crippen LogP contribution < -0.4 is 4.90 Å². The van der Waals surface area contributed by atoms with Crippen LogP contribution in [0.1, 0.15) is 11.6 Å². The van der Waals surface area contributed by atoms with E-state index in [1.54, 1.807) is 0 Å². The SMILES string of the molecule is OCC(c1ccccc1)N1CCN(c2cccc(Cl)c2)CC1. The minimum Gasteiger partial charge on any atom is -0.394 e. The predicted molar refractivity (Wildman–Crippen MR) is 91.5 cm³/mol. The van der Waals surface area contributed by atoms with E-state index >= 15 is 0 Å². The van der Waals surface area contributed by atoms with Crippen LogP contribution in [-0.4, -0.2) is 42.8 Å². The third kappa shape index (κ3) is 3.43. The second-order valence-electron chi connectivity index (χ2n) is 5.61. The van der Waals surface area contributed by atoms with Gasteiger partial charge >= 0.3 is 0 Å². The predicted octanol–water partition coefficient (Wildman–Crippen LogP) is 3.20. The van der Waals surface area contributed by atoms with E-state index in [0.717, 1.165) is 31.2 Å². The smallest absolute Gasteiger partial charge is 0.0628 e. The van der Waals surface area contributed by atoms with Crippen molar-refractivity contribution in [2.45, 2.75) is 6.04 Å². The second-order valence-corrected chi connectivity index (χ2v) is 6.05. The van der Waals surface area contributed by atoms with Gasteiger partial charge in [0.05, 0.1) is 12.6 Å². The van der Waals surface area contributed by atoms with E-state index < -0.39 is 0 Å². The second kappa shape index (κ2) is 7.14. The maximum atomic E-state index is 9.78. The molecule has 116 valence electrons. The number of anilines is 1. The summed E-state index contributed by atoms with van der Waals surface area (Å²) in [6.07, 6.45) is 0. The average Bonchev–Trinajstić information content (AvgIpc) is 2.57. The molecular formula is C18H21ClN2O. The van der Waals surface area contributed by atoms with E-state index in [1.165, 1.54) is 11.3 Å². The highest BCUT2D eigenvalue weighted by molar-refractivity contribution is 6.30. The number of halogens is 1. The molecule has 0 amide bonds. The number of benzene rings is 2. The molecule has 1 unspecified atom stereocenters. The highest BCUT2D eigenvalue weighted by Crippen LogP contribution is 2.25. The Morgan fingerprint density at radius 2 is 1.68 bits per heavy atom. The van der Waals surface area contributed by atoms with Gasteiger partial charge in [-0.1, -0.05) is 48.0 Å². The van der Waals surface area contributed by atoms with E-state index in [4.69, 9.17) is 11.6 Å². The van der Waals surface area contributed by atoms with Crippen LogP contribution in [0.25, 0.3) is 0 Å². The summed E-state index contributed by atoms with van der Waals surface area (Å²) in [6.45, 7) is 3.92. The van der Waals surface area contributed by atoms with Crippen LogP contribution in [0.2, 0.25) is 5.02 Å². The van der Waals surface area contributed by atoms with Crippen LogP contribution in [0.15, 0.2) is 54.6 Å². The summed E-state index contributed by atoms with van der Waals surface area (Å²) in [5, 5.41) is 10.6. The lowest BCUT2D eigenvalue weighted by atomic mass is 10.1. The first-order chi connectivity index (χ1) is 10.8. The van der Waals surface area contributed by atoms with Gasteiger partial charge in [0.15, 0.2) is 0 Å². The van der Waals surface area contributed by atoms with Crippen LogP contribution in [0.3, 0.4) is 0 Å². The molecule has 2 aromatic rings. The molecule has 1 heterocycles. The monoisotopic (exact) mass is 316 g/mol. The summed E-state index contributed by atoms with van der Waals surface area (Å²) < 4.78 is 0. The first-order valence-corrected chi connectivity index (χ1v) is 8.06. The standard InChI is InChI=1S/C18H21ClN2O/c19-16-7-4-8-17(13-16)20-9-11-21(12-10-20)18(14-22)15-5-2-1-3-6-15/h1-8,13,18,22H,9-12,14H2. The fraction of sp³-hybridized carbons (Fsp3) is 0.333. The summed E-state index contributed by atoms with van der Waals surface area (Å²) in [5.41, 5.74) is 2.36. The van der Waals surface area contributed by atoms with Gasteiger partial charge in [0.1, 0.15) is 0 Å². The summed E-state index contributed by atoms with van der Waals surface area (Å²) in [7, 11) is 0. The molecule has 1 atom stereocenters. The normalized spacial score (nSPS) is 17.5. The zero-order chi connectivity index (χ0) is 15.4. The Bertz CT molecular complexity index is 597. The van der Waals surface area contributed by atoms with Crippen molar-refractivity contribution < 1.29 is 5.11 Å². The highest BCUT2D eigenvalue weighted by atomic mass is 35.5. The molecule has 1 fully saturated rings.